The third-order valence-corrected chi connectivity index (χ3v) is 4.49. The Hall–Kier alpha value is -1.04. The molecule has 1 N–H and O–H groups in total. The van der Waals surface area contributed by atoms with Gasteiger partial charge in [-0.1, -0.05) is 33.6 Å². The second kappa shape index (κ2) is 6.81. The summed E-state index contributed by atoms with van der Waals surface area (Å²) in [5.41, 5.74) is 2.80. The molecule has 1 aromatic heterocycles. The molecule has 114 valence electrons. The predicted octanol–water partition coefficient (Wildman–Crippen LogP) is 4.00. The Kier molecular flexibility index (Phi) is 5.30. The second-order valence-corrected chi connectivity index (χ2v) is 6.24. The predicted molar refractivity (Wildman–Crippen MR) is 88.9 cm³/mol. The highest BCUT2D eigenvalue weighted by Gasteiger charge is 2.15. The molecule has 0 amide bonds. The monoisotopic (exact) mass is 371 g/mol. The molecule has 6 heteroatoms. The largest absolute Gasteiger partial charge is 0.487 e. The van der Waals surface area contributed by atoms with Crippen molar-refractivity contribution in [1.29, 1.82) is 0 Å². The van der Waals surface area contributed by atoms with E-state index in [1.807, 2.05) is 33.2 Å². The number of rotatable bonds is 5. The second-order valence-electron chi connectivity index (χ2n) is 4.95. The van der Waals surface area contributed by atoms with Gasteiger partial charge in [-0.05, 0) is 33.0 Å². The van der Waals surface area contributed by atoms with E-state index in [0.717, 1.165) is 27.2 Å². The Morgan fingerprint density at radius 2 is 2.19 bits per heavy atom. The first-order valence-corrected chi connectivity index (χ1v) is 7.88. The number of aromatic nitrogens is 2. The summed E-state index contributed by atoms with van der Waals surface area (Å²) in [6.45, 7) is 4.37. The van der Waals surface area contributed by atoms with Crippen LogP contribution >= 0.6 is 27.5 Å². The molecule has 0 radical (unpaired) electrons. The fourth-order valence-electron chi connectivity index (χ4n) is 2.13. The van der Waals surface area contributed by atoms with E-state index in [1.165, 1.54) is 0 Å². The van der Waals surface area contributed by atoms with Crippen molar-refractivity contribution in [2.45, 2.75) is 26.5 Å². The molecule has 21 heavy (non-hydrogen) atoms. The zero-order chi connectivity index (χ0) is 15.6. The lowest BCUT2D eigenvalue weighted by Crippen LogP contribution is -2.14. The van der Waals surface area contributed by atoms with Gasteiger partial charge in [0.15, 0.2) is 0 Å². The van der Waals surface area contributed by atoms with Crippen molar-refractivity contribution in [2.75, 3.05) is 7.05 Å². The minimum atomic E-state index is 0.205. The van der Waals surface area contributed by atoms with Crippen LogP contribution in [0.4, 0.5) is 0 Å². The SMILES string of the molecule is CNC(C)c1ccc(Br)cc1OCc1c(Cl)c(C)nn1C. The Morgan fingerprint density at radius 3 is 2.76 bits per heavy atom. The third kappa shape index (κ3) is 3.59. The quantitative estimate of drug-likeness (QED) is 0.862. The van der Waals surface area contributed by atoms with Crippen molar-refractivity contribution in [3.63, 3.8) is 0 Å². The Labute approximate surface area is 138 Å². The van der Waals surface area contributed by atoms with Crippen molar-refractivity contribution >= 4 is 27.5 Å². The van der Waals surface area contributed by atoms with Crippen molar-refractivity contribution in [1.82, 2.24) is 15.1 Å². The molecule has 0 saturated heterocycles. The van der Waals surface area contributed by atoms with Gasteiger partial charge in [-0.2, -0.15) is 5.10 Å². The Morgan fingerprint density at radius 1 is 1.48 bits per heavy atom. The molecule has 0 aliphatic heterocycles. The number of nitrogens with zero attached hydrogens (tertiary/aromatic N) is 2. The maximum Gasteiger partial charge on any atom is 0.131 e. The molecule has 0 spiro atoms. The molecule has 0 aliphatic rings. The van der Waals surface area contributed by atoms with Gasteiger partial charge in [-0.15, -0.1) is 0 Å². The van der Waals surface area contributed by atoms with E-state index in [9.17, 15) is 0 Å². The van der Waals surface area contributed by atoms with Crippen LogP contribution in [-0.2, 0) is 13.7 Å². The van der Waals surface area contributed by atoms with Gasteiger partial charge >= 0.3 is 0 Å². The highest BCUT2D eigenvalue weighted by Crippen LogP contribution is 2.30. The molecule has 4 nitrogen and oxygen atoms in total. The van der Waals surface area contributed by atoms with Crippen LogP contribution in [0.3, 0.4) is 0 Å². The molecule has 0 aliphatic carbocycles. The normalized spacial score (nSPS) is 12.5. The number of hydrogen-bond acceptors (Lipinski definition) is 3. The van der Waals surface area contributed by atoms with E-state index in [-0.39, 0.29) is 6.04 Å². The molecule has 0 fully saturated rings. The van der Waals surface area contributed by atoms with Crippen molar-refractivity contribution < 1.29 is 4.74 Å². The van der Waals surface area contributed by atoms with Crippen LogP contribution in [0.15, 0.2) is 22.7 Å². The van der Waals surface area contributed by atoms with Crippen molar-refractivity contribution in [2.24, 2.45) is 7.05 Å². The summed E-state index contributed by atoms with van der Waals surface area (Å²) in [7, 11) is 3.80. The molecule has 1 heterocycles. The first-order chi connectivity index (χ1) is 9.93. The number of halogens is 2. The van der Waals surface area contributed by atoms with E-state index in [0.29, 0.717) is 11.6 Å². The number of benzene rings is 1. The van der Waals surface area contributed by atoms with Crippen LogP contribution in [0.5, 0.6) is 5.75 Å². The summed E-state index contributed by atoms with van der Waals surface area (Å²) in [4.78, 5) is 0. The van der Waals surface area contributed by atoms with E-state index in [1.54, 1.807) is 4.68 Å². The maximum absolute atomic E-state index is 6.26. The van der Waals surface area contributed by atoms with Crippen LogP contribution in [0.1, 0.15) is 29.9 Å². The fourth-order valence-corrected chi connectivity index (χ4v) is 2.68. The van der Waals surface area contributed by atoms with E-state index in [4.69, 9.17) is 16.3 Å². The lowest BCUT2D eigenvalue weighted by atomic mass is 10.1. The minimum Gasteiger partial charge on any atom is -0.487 e. The van der Waals surface area contributed by atoms with Gasteiger partial charge in [-0.25, -0.2) is 0 Å². The molecule has 2 aromatic rings. The summed E-state index contributed by atoms with van der Waals surface area (Å²) in [6.07, 6.45) is 0. The number of nitrogens with one attached hydrogen (secondary N) is 1. The summed E-state index contributed by atoms with van der Waals surface area (Å²) in [5.74, 6) is 0.834. The lowest BCUT2D eigenvalue weighted by molar-refractivity contribution is 0.289. The average molecular weight is 373 g/mol. The summed E-state index contributed by atoms with van der Waals surface area (Å²) in [6, 6.07) is 6.24. The fraction of sp³-hybridized carbons (Fsp3) is 0.400. The molecule has 1 atom stereocenters. The van der Waals surface area contributed by atoms with E-state index in [2.05, 4.69) is 39.3 Å². The standard InChI is InChI=1S/C15H19BrClN3O/c1-9(18-3)12-6-5-11(16)7-14(12)21-8-13-15(17)10(2)19-20(13)4/h5-7,9,18H,8H2,1-4H3. The first-order valence-electron chi connectivity index (χ1n) is 6.71. The van der Waals surface area contributed by atoms with Gasteiger partial charge in [0, 0.05) is 23.1 Å². The molecule has 0 saturated carbocycles. The zero-order valence-corrected chi connectivity index (χ0v) is 14.9. The van der Waals surface area contributed by atoms with Gasteiger partial charge in [0.2, 0.25) is 0 Å². The van der Waals surface area contributed by atoms with Gasteiger partial charge in [0.05, 0.1) is 16.4 Å². The number of aryl methyl sites for hydroxylation is 2. The summed E-state index contributed by atoms with van der Waals surface area (Å²) >= 11 is 9.74. The van der Waals surface area contributed by atoms with Crippen LogP contribution < -0.4 is 10.1 Å². The van der Waals surface area contributed by atoms with Crippen molar-refractivity contribution in [3.05, 3.63) is 44.6 Å². The summed E-state index contributed by atoms with van der Waals surface area (Å²) < 4.78 is 8.73. The first kappa shape index (κ1) is 16.3. The topological polar surface area (TPSA) is 39.1 Å². The van der Waals surface area contributed by atoms with Crippen LogP contribution in [0.25, 0.3) is 0 Å². The highest BCUT2D eigenvalue weighted by atomic mass is 79.9. The van der Waals surface area contributed by atoms with E-state index >= 15 is 0 Å². The lowest BCUT2D eigenvalue weighted by Gasteiger charge is -2.17. The maximum atomic E-state index is 6.26. The Balaban J connectivity index is 2.25. The summed E-state index contributed by atoms with van der Waals surface area (Å²) in [5, 5.41) is 8.19. The molecule has 2 rings (SSSR count). The smallest absolute Gasteiger partial charge is 0.131 e. The van der Waals surface area contributed by atoms with Gasteiger partial charge < -0.3 is 10.1 Å². The number of hydrogen-bond donors (Lipinski definition) is 1. The van der Waals surface area contributed by atoms with Crippen molar-refractivity contribution in [3.8, 4) is 5.75 Å². The Bertz CT molecular complexity index is 642. The zero-order valence-electron chi connectivity index (χ0n) is 12.6. The molecular formula is C15H19BrClN3O. The molecule has 0 bridgehead atoms. The minimum absolute atomic E-state index is 0.205. The number of ether oxygens (including phenoxy) is 1. The molecule has 1 unspecified atom stereocenters. The average Bonchev–Trinajstić information content (AvgIpc) is 2.69. The highest BCUT2D eigenvalue weighted by molar-refractivity contribution is 9.10. The van der Waals surface area contributed by atoms with Gasteiger partial charge in [-0.3, -0.25) is 4.68 Å². The van der Waals surface area contributed by atoms with E-state index < -0.39 is 0 Å². The third-order valence-electron chi connectivity index (χ3n) is 3.50. The van der Waals surface area contributed by atoms with Crippen LogP contribution in [0, 0.1) is 6.92 Å². The van der Waals surface area contributed by atoms with Gasteiger partial charge in [0.1, 0.15) is 12.4 Å². The molecular weight excluding hydrogens is 354 g/mol. The van der Waals surface area contributed by atoms with Crippen LogP contribution in [0.2, 0.25) is 5.02 Å². The molecule has 1 aromatic carbocycles. The van der Waals surface area contributed by atoms with Gasteiger partial charge in [0.25, 0.3) is 0 Å². The van der Waals surface area contributed by atoms with Crippen LogP contribution in [-0.4, -0.2) is 16.8 Å².